The van der Waals surface area contributed by atoms with E-state index in [0.29, 0.717) is 21.1 Å². The largest absolute Gasteiger partial charge is 0.465 e. The molecule has 2 aromatic carbocycles. The lowest BCUT2D eigenvalue weighted by molar-refractivity contribution is 0.0594. The Bertz CT molecular complexity index is 1730. The highest BCUT2D eigenvalue weighted by molar-refractivity contribution is 9.10. The van der Waals surface area contributed by atoms with Crippen molar-refractivity contribution in [2.24, 2.45) is 0 Å². The second-order valence-corrected chi connectivity index (χ2v) is 12.6. The number of nitrogens with one attached hydrogen (secondary N) is 2. The van der Waals surface area contributed by atoms with Crippen molar-refractivity contribution in [3.8, 4) is 22.3 Å². The van der Waals surface area contributed by atoms with Gasteiger partial charge in [-0.1, -0.05) is 56.1 Å². The minimum absolute atomic E-state index is 0.0276. The van der Waals surface area contributed by atoms with Crippen LogP contribution in [-0.2, 0) is 9.47 Å². The molecule has 5 rings (SSSR count). The molecule has 5 aromatic rings. The van der Waals surface area contributed by atoms with Crippen molar-refractivity contribution < 1.29 is 28.7 Å². The van der Waals surface area contributed by atoms with Crippen molar-refractivity contribution >= 4 is 88.3 Å². The van der Waals surface area contributed by atoms with Crippen molar-refractivity contribution in [3.05, 3.63) is 109 Å². The lowest BCUT2D eigenvalue weighted by atomic mass is 10.0. The predicted octanol–water partition coefficient (Wildman–Crippen LogP) is 8.14. The van der Waals surface area contributed by atoms with E-state index in [1.807, 2.05) is 48.5 Å². The summed E-state index contributed by atoms with van der Waals surface area (Å²) in [5.74, 6) is -2.28. The Morgan fingerprint density at radius 3 is 1.52 bits per heavy atom. The third-order valence-corrected chi connectivity index (χ3v) is 9.23. The molecule has 9 nitrogen and oxygen atoms in total. The number of methoxy groups -OCH3 is 2. The van der Waals surface area contributed by atoms with E-state index in [0.717, 1.165) is 20.1 Å². The summed E-state index contributed by atoms with van der Waals surface area (Å²) in [6, 6.07) is 17.7. The summed E-state index contributed by atoms with van der Waals surface area (Å²) >= 11 is 9.17. The molecule has 0 saturated heterocycles. The van der Waals surface area contributed by atoms with E-state index in [1.54, 1.807) is 10.8 Å². The normalized spacial score (nSPS) is 10.6. The first-order valence-corrected chi connectivity index (χ1v) is 16.0. The summed E-state index contributed by atoms with van der Waals surface area (Å²) in [7, 11) is 2.55. The van der Waals surface area contributed by atoms with Gasteiger partial charge in [-0.05, 0) is 47.5 Å². The van der Waals surface area contributed by atoms with Gasteiger partial charge >= 0.3 is 11.9 Å². The number of benzene rings is 2. The van der Waals surface area contributed by atoms with E-state index in [9.17, 15) is 19.2 Å². The summed E-state index contributed by atoms with van der Waals surface area (Å²) in [4.78, 5) is 55.6. The van der Waals surface area contributed by atoms with Gasteiger partial charge in [-0.25, -0.2) is 9.59 Å². The number of amides is 2. The lowest BCUT2D eigenvalue weighted by Crippen LogP contribution is -2.17. The summed E-state index contributed by atoms with van der Waals surface area (Å²) in [5, 5.41) is 9.65. The van der Waals surface area contributed by atoms with Crippen LogP contribution in [0.4, 0.5) is 10.0 Å². The number of aromatic nitrogens is 1. The van der Waals surface area contributed by atoms with Crippen LogP contribution >= 0.6 is 54.5 Å². The van der Waals surface area contributed by atoms with Crippen LogP contribution in [0.1, 0.15) is 41.6 Å². The molecule has 44 heavy (non-hydrogen) atoms. The molecule has 0 unspecified atom stereocenters. The molecule has 0 radical (unpaired) electrons. The number of pyridine rings is 1. The van der Waals surface area contributed by atoms with Gasteiger partial charge in [-0.2, -0.15) is 0 Å². The molecule has 2 amide bonds. The minimum Gasteiger partial charge on any atom is -0.465 e. The number of thiophene rings is 2. The zero-order valence-corrected chi connectivity index (χ0v) is 27.8. The number of anilines is 2. The number of hydrogen-bond acceptors (Lipinski definition) is 9. The van der Waals surface area contributed by atoms with Crippen molar-refractivity contribution in [2.75, 3.05) is 24.9 Å². The fourth-order valence-corrected chi connectivity index (χ4v) is 6.63. The number of esters is 2. The maximum atomic E-state index is 13.1. The first-order chi connectivity index (χ1) is 21.2. The van der Waals surface area contributed by atoms with Crippen LogP contribution in [0.5, 0.6) is 0 Å². The Hall–Kier alpha value is -4.17. The summed E-state index contributed by atoms with van der Waals surface area (Å²) in [6.07, 6.45) is 1.26. The second kappa shape index (κ2) is 13.6. The highest BCUT2D eigenvalue weighted by atomic mass is 79.9. The zero-order valence-electron chi connectivity index (χ0n) is 23.0. The van der Waals surface area contributed by atoms with Gasteiger partial charge in [0.05, 0.1) is 19.8 Å². The molecule has 222 valence electrons. The molecule has 3 aromatic heterocycles. The monoisotopic (exact) mass is 753 g/mol. The van der Waals surface area contributed by atoms with Gasteiger partial charge in [0, 0.05) is 37.0 Å². The molecule has 0 bridgehead atoms. The number of halogens is 2. The number of carbonyl (C=O) groups is 4. The Balaban J connectivity index is 1.34. The quantitative estimate of drug-likeness (QED) is 0.153. The molecule has 0 spiro atoms. The molecule has 0 aliphatic carbocycles. The first kappa shape index (κ1) is 31.3. The maximum Gasteiger partial charge on any atom is 0.341 e. The molecule has 2 N–H and O–H groups in total. The molecule has 0 fully saturated rings. The first-order valence-electron chi connectivity index (χ1n) is 12.7. The van der Waals surface area contributed by atoms with E-state index in [1.165, 1.54) is 55.2 Å². The van der Waals surface area contributed by atoms with Gasteiger partial charge in [0.25, 0.3) is 11.8 Å². The summed E-state index contributed by atoms with van der Waals surface area (Å²) in [6.45, 7) is 0. The third-order valence-electron chi connectivity index (χ3n) is 6.38. The van der Waals surface area contributed by atoms with Crippen LogP contribution in [-0.4, -0.2) is 43.0 Å². The van der Waals surface area contributed by atoms with Crippen LogP contribution in [0.15, 0.2) is 86.6 Å². The van der Waals surface area contributed by atoms with Crippen molar-refractivity contribution in [1.82, 2.24) is 4.98 Å². The topological polar surface area (TPSA) is 124 Å². The van der Waals surface area contributed by atoms with Crippen molar-refractivity contribution in [3.63, 3.8) is 0 Å². The van der Waals surface area contributed by atoms with Gasteiger partial charge in [0.1, 0.15) is 26.8 Å². The van der Waals surface area contributed by atoms with Crippen LogP contribution in [0.3, 0.4) is 0 Å². The molecule has 0 atom stereocenters. The molecule has 0 aliphatic heterocycles. The standard InChI is InChI=1S/C31H21Br2N3O6S2/c1-41-30(39)24-21(16-3-8-19(32)9-4-16)14-43-28(24)35-26(37)18-7-12-23(34-13-18)27(38)36-29-25(31(40)42-2)22(15-44-29)17-5-10-20(33)11-6-17/h3-15H,1-2H3,(H,35,37)(H,36,38). The average Bonchev–Trinajstić information content (AvgIpc) is 3.65. The molecular weight excluding hydrogens is 734 g/mol. The van der Waals surface area contributed by atoms with Crippen LogP contribution < -0.4 is 10.6 Å². The van der Waals surface area contributed by atoms with E-state index in [2.05, 4.69) is 47.5 Å². The second-order valence-electron chi connectivity index (χ2n) is 9.04. The average molecular weight is 755 g/mol. The lowest BCUT2D eigenvalue weighted by Gasteiger charge is -2.09. The SMILES string of the molecule is COC(=O)c1c(-c2ccc(Br)cc2)csc1NC(=O)c1ccc(C(=O)Nc2scc(-c3ccc(Br)cc3)c2C(=O)OC)nc1. The van der Waals surface area contributed by atoms with E-state index in [-0.39, 0.29) is 22.4 Å². The third kappa shape index (κ3) is 6.65. The number of ether oxygens (including phenoxy) is 2. The van der Waals surface area contributed by atoms with E-state index < -0.39 is 23.8 Å². The van der Waals surface area contributed by atoms with E-state index in [4.69, 9.17) is 9.47 Å². The molecule has 13 heteroatoms. The number of hydrogen-bond donors (Lipinski definition) is 2. The van der Waals surface area contributed by atoms with Crippen LogP contribution in [0.25, 0.3) is 22.3 Å². The van der Waals surface area contributed by atoms with E-state index >= 15 is 0 Å². The number of nitrogens with zero attached hydrogens (tertiary/aromatic N) is 1. The fraction of sp³-hybridized carbons (Fsp3) is 0.0645. The number of rotatable bonds is 8. The Kier molecular flexibility index (Phi) is 9.69. The zero-order chi connectivity index (χ0) is 31.4. The highest BCUT2D eigenvalue weighted by Gasteiger charge is 2.25. The molecule has 3 heterocycles. The predicted molar refractivity (Wildman–Crippen MR) is 178 cm³/mol. The van der Waals surface area contributed by atoms with Gasteiger partial charge < -0.3 is 20.1 Å². The van der Waals surface area contributed by atoms with Crippen molar-refractivity contribution in [1.29, 1.82) is 0 Å². The molecular formula is C31H21Br2N3O6S2. The Morgan fingerprint density at radius 2 is 1.11 bits per heavy atom. The summed E-state index contributed by atoms with van der Waals surface area (Å²) < 4.78 is 11.7. The molecule has 0 saturated carbocycles. The summed E-state index contributed by atoms with van der Waals surface area (Å²) in [5.41, 5.74) is 3.46. The minimum atomic E-state index is -0.595. The number of carbonyl (C=O) groups excluding carboxylic acids is 4. The Morgan fingerprint density at radius 1 is 0.659 bits per heavy atom. The maximum absolute atomic E-state index is 13.1. The van der Waals surface area contributed by atoms with Gasteiger partial charge in [0.15, 0.2) is 0 Å². The molecule has 0 aliphatic rings. The highest BCUT2D eigenvalue weighted by Crippen LogP contribution is 2.38. The fourth-order valence-electron chi connectivity index (χ4n) is 4.20. The van der Waals surface area contributed by atoms with Crippen LogP contribution in [0.2, 0.25) is 0 Å². The van der Waals surface area contributed by atoms with Gasteiger partial charge in [0.2, 0.25) is 0 Å². The van der Waals surface area contributed by atoms with Gasteiger partial charge in [-0.15, -0.1) is 22.7 Å². The van der Waals surface area contributed by atoms with Gasteiger partial charge in [-0.3, -0.25) is 14.6 Å². The van der Waals surface area contributed by atoms with Crippen LogP contribution in [0, 0.1) is 0 Å². The van der Waals surface area contributed by atoms with Crippen molar-refractivity contribution in [2.45, 2.75) is 0 Å². The Labute approximate surface area is 276 Å². The smallest absolute Gasteiger partial charge is 0.341 e.